The summed E-state index contributed by atoms with van der Waals surface area (Å²) < 4.78 is 7.57. The molecule has 2 aliphatic rings. The molecule has 0 bridgehead atoms. The fraction of sp³-hybridized carbons (Fsp3) is 0.107. The first-order valence-corrected chi connectivity index (χ1v) is 11.6. The van der Waals surface area contributed by atoms with Crippen molar-refractivity contribution < 1.29 is 4.74 Å². The summed E-state index contributed by atoms with van der Waals surface area (Å²) in [4.78, 5) is 0. The molecule has 3 nitrogen and oxygen atoms in total. The normalized spacial score (nSPS) is 19.0. The average molecular weight is 481 g/mol. The molecule has 2 aliphatic heterocycles. The summed E-state index contributed by atoms with van der Waals surface area (Å²) in [5.41, 5.74) is 6.94. The van der Waals surface area contributed by atoms with Crippen molar-refractivity contribution in [1.29, 1.82) is 0 Å². The van der Waals surface area contributed by atoms with E-state index in [4.69, 9.17) is 9.84 Å². The molecule has 0 saturated carbocycles. The molecule has 4 heteroatoms. The topological polar surface area (TPSA) is 24.8 Å². The first kappa shape index (κ1) is 19.3. The molecular formula is C28H21BrN2O. The van der Waals surface area contributed by atoms with E-state index in [2.05, 4.69) is 106 Å². The lowest BCUT2D eigenvalue weighted by Crippen LogP contribution is -2.33. The van der Waals surface area contributed by atoms with Crippen LogP contribution in [0.15, 0.2) is 113 Å². The molecule has 0 unspecified atom stereocenters. The fourth-order valence-corrected chi connectivity index (χ4v) is 4.93. The van der Waals surface area contributed by atoms with Crippen LogP contribution in [0.4, 0.5) is 0 Å². The van der Waals surface area contributed by atoms with E-state index in [9.17, 15) is 0 Å². The monoisotopic (exact) mass is 480 g/mol. The standard InChI is InChI=1S/C28H21BrN2O/c29-23-15-16-27-24(17-23)26-18-25(21-9-5-2-6-10-21)30-31(26)28(32-27)22-13-11-20(12-14-22)19-7-3-1-4-8-19/h1-17,26,28H,18H2/t26-,28-/m0/s1. The van der Waals surface area contributed by atoms with Crippen molar-refractivity contribution in [3.63, 3.8) is 0 Å². The van der Waals surface area contributed by atoms with E-state index in [1.807, 2.05) is 18.2 Å². The van der Waals surface area contributed by atoms with Crippen molar-refractivity contribution >= 4 is 21.6 Å². The molecule has 0 saturated heterocycles. The zero-order chi connectivity index (χ0) is 21.5. The van der Waals surface area contributed by atoms with Crippen molar-refractivity contribution in [2.45, 2.75) is 18.7 Å². The van der Waals surface area contributed by atoms with E-state index in [-0.39, 0.29) is 12.3 Å². The van der Waals surface area contributed by atoms with E-state index in [0.717, 1.165) is 33.5 Å². The molecular weight excluding hydrogens is 460 g/mol. The average Bonchev–Trinajstić information content (AvgIpc) is 3.31. The van der Waals surface area contributed by atoms with Crippen LogP contribution in [-0.4, -0.2) is 10.7 Å². The number of benzene rings is 4. The van der Waals surface area contributed by atoms with Crippen molar-refractivity contribution in [3.05, 3.63) is 124 Å². The second-order valence-corrected chi connectivity index (χ2v) is 9.07. The van der Waals surface area contributed by atoms with Gasteiger partial charge in [-0.3, -0.25) is 0 Å². The third kappa shape index (κ3) is 3.41. The van der Waals surface area contributed by atoms with E-state index in [1.54, 1.807) is 0 Å². The molecule has 4 aromatic carbocycles. The quantitative estimate of drug-likeness (QED) is 0.306. The van der Waals surface area contributed by atoms with E-state index >= 15 is 0 Å². The van der Waals surface area contributed by atoms with Crippen LogP contribution in [0.5, 0.6) is 5.75 Å². The van der Waals surface area contributed by atoms with Crippen molar-refractivity contribution in [2.24, 2.45) is 5.10 Å². The highest BCUT2D eigenvalue weighted by atomic mass is 79.9. The lowest BCUT2D eigenvalue weighted by Gasteiger charge is -2.38. The number of ether oxygens (including phenoxy) is 1. The second-order valence-electron chi connectivity index (χ2n) is 8.15. The minimum absolute atomic E-state index is 0.144. The van der Waals surface area contributed by atoms with Gasteiger partial charge in [0.25, 0.3) is 0 Å². The Morgan fingerprint density at radius 3 is 2.12 bits per heavy atom. The Bertz CT molecular complexity index is 1290. The molecule has 2 atom stereocenters. The summed E-state index contributed by atoms with van der Waals surface area (Å²) in [6.45, 7) is 0. The van der Waals surface area contributed by atoms with Gasteiger partial charge in [0.2, 0.25) is 6.23 Å². The zero-order valence-electron chi connectivity index (χ0n) is 17.4. The third-order valence-electron chi connectivity index (χ3n) is 6.16. The van der Waals surface area contributed by atoms with Gasteiger partial charge >= 0.3 is 0 Å². The number of halogens is 1. The van der Waals surface area contributed by atoms with Gasteiger partial charge in [0.15, 0.2) is 0 Å². The Morgan fingerprint density at radius 2 is 1.41 bits per heavy atom. The molecule has 0 aromatic heterocycles. The van der Waals surface area contributed by atoms with Crippen LogP contribution in [-0.2, 0) is 0 Å². The highest BCUT2D eigenvalue weighted by Crippen LogP contribution is 2.48. The highest BCUT2D eigenvalue weighted by Gasteiger charge is 2.41. The summed E-state index contributed by atoms with van der Waals surface area (Å²) in [7, 11) is 0. The van der Waals surface area contributed by atoms with Crippen LogP contribution < -0.4 is 4.74 Å². The van der Waals surface area contributed by atoms with Gasteiger partial charge in [0, 0.05) is 22.0 Å². The molecule has 0 fully saturated rings. The Morgan fingerprint density at radius 1 is 0.750 bits per heavy atom. The maximum atomic E-state index is 6.51. The maximum Gasteiger partial charge on any atom is 0.213 e. The number of hydrogen-bond donors (Lipinski definition) is 0. The molecule has 4 aromatic rings. The number of nitrogens with zero attached hydrogens (tertiary/aromatic N) is 2. The zero-order valence-corrected chi connectivity index (χ0v) is 18.9. The van der Waals surface area contributed by atoms with Gasteiger partial charge in [-0.25, -0.2) is 5.01 Å². The molecule has 0 N–H and O–H groups in total. The lowest BCUT2D eigenvalue weighted by molar-refractivity contribution is -0.0190. The van der Waals surface area contributed by atoms with Crippen LogP contribution in [0.25, 0.3) is 11.1 Å². The van der Waals surface area contributed by atoms with E-state index in [0.29, 0.717) is 0 Å². The van der Waals surface area contributed by atoms with Gasteiger partial charge in [0.1, 0.15) is 5.75 Å². The predicted molar refractivity (Wildman–Crippen MR) is 132 cm³/mol. The van der Waals surface area contributed by atoms with Crippen LogP contribution in [0.2, 0.25) is 0 Å². The van der Waals surface area contributed by atoms with Crippen LogP contribution >= 0.6 is 15.9 Å². The van der Waals surface area contributed by atoms with Gasteiger partial charge in [0.05, 0.1) is 11.8 Å². The first-order valence-electron chi connectivity index (χ1n) is 10.8. The Hall–Kier alpha value is -3.37. The SMILES string of the molecule is Brc1ccc2c(c1)[C@@H]1CC(c3ccccc3)=NN1[C@H](c1ccc(-c3ccccc3)cc1)O2. The Balaban J connectivity index is 1.40. The number of fused-ring (bicyclic) bond motifs is 3. The molecule has 2 heterocycles. The van der Waals surface area contributed by atoms with Crippen LogP contribution in [0.3, 0.4) is 0 Å². The molecule has 0 aliphatic carbocycles. The van der Waals surface area contributed by atoms with Crippen molar-refractivity contribution in [1.82, 2.24) is 5.01 Å². The summed E-state index contributed by atoms with van der Waals surface area (Å²) in [6, 6.07) is 35.9. The highest BCUT2D eigenvalue weighted by molar-refractivity contribution is 9.10. The predicted octanol–water partition coefficient (Wildman–Crippen LogP) is 7.36. The smallest absolute Gasteiger partial charge is 0.213 e. The molecule has 6 rings (SSSR count). The largest absolute Gasteiger partial charge is 0.464 e. The Labute approximate surface area is 196 Å². The first-order chi connectivity index (χ1) is 15.8. The second kappa shape index (κ2) is 7.95. The van der Waals surface area contributed by atoms with Gasteiger partial charge in [-0.15, -0.1) is 0 Å². The molecule has 156 valence electrons. The molecule has 0 spiro atoms. The van der Waals surface area contributed by atoms with Gasteiger partial charge < -0.3 is 4.74 Å². The number of rotatable bonds is 3. The number of hydrazone groups is 1. The van der Waals surface area contributed by atoms with Gasteiger partial charge in [-0.2, -0.15) is 5.10 Å². The minimum Gasteiger partial charge on any atom is -0.464 e. The van der Waals surface area contributed by atoms with Gasteiger partial charge in [-0.05, 0) is 34.9 Å². The molecule has 32 heavy (non-hydrogen) atoms. The van der Waals surface area contributed by atoms with Crippen molar-refractivity contribution in [3.8, 4) is 16.9 Å². The summed E-state index contributed by atoms with van der Waals surface area (Å²) >= 11 is 3.63. The summed E-state index contributed by atoms with van der Waals surface area (Å²) in [6.07, 6.45) is 0.592. The number of hydrogen-bond acceptors (Lipinski definition) is 3. The lowest BCUT2D eigenvalue weighted by atomic mass is 9.95. The summed E-state index contributed by atoms with van der Waals surface area (Å²) in [5, 5.41) is 7.19. The molecule has 0 radical (unpaired) electrons. The maximum absolute atomic E-state index is 6.51. The van der Waals surface area contributed by atoms with Gasteiger partial charge in [-0.1, -0.05) is 101 Å². The van der Waals surface area contributed by atoms with Crippen LogP contribution in [0, 0.1) is 0 Å². The third-order valence-corrected chi connectivity index (χ3v) is 6.66. The van der Waals surface area contributed by atoms with E-state index in [1.165, 1.54) is 16.7 Å². The van der Waals surface area contributed by atoms with Crippen molar-refractivity contribution in [2.75, 3.05) is 0 Å². The van der Waals surface area contributed by atoms with Crippen LogP contribution in [0.1, 0.15) is 35.4 Å². The van der Waals surface area contributed by atoms with E-state index < -0.39 is 0 Å². The minimum atomic E-state index is -0.264. The fourth-order valence-electron chi connectivity index (χ4n) is 4.55. The Kier molecular flexibility index (Phi) is 4.80. The summed E-state index contributed by atoms with van der Waals surface area (Å²) in [5.74, 6) is 0.927. The molecule has 0 amide bonds.